The summed E-state index contributed by atoms with van der Waals surface area (Å²) in [6, 6.07) is 3.77. The lowest BCUT2D eigenvalue weighted by Crippen LogP contribution is -2.53. The van der Waals surface area contributed by atoms with Crippen molar-refractivity contribution < 1.29 is 14.7 Å². The van der Waals surface area contributed by atoms with E-state index >= 15 is 0 Å². The maximum Gasteiger partial charge on any atom is 0.225 e. The third-order valence-electron chi connectivity index (χ3n) is 5.43. The second-order valence-corrected chi connectivity index (χ2v) is 7.38. The van der Waals surface area contributed by atoms with Gasteiger partial charge in [-0.2, -0.15) is 0 Å². The molecule has 1 saturated heterocycles. The summed E-state index contributed by atoms with van der Waals surface area (Å²) in [7, 11) is 0. The van der Waals surface area contributed by atoms with E-state index in [1.165, 1.54) is 0 Å². The topological polar surface area (TPSA) is 82.5 Å². The van der Waals surface area contributed by atoms with Crippen molar-refractivity contribution in [1.29, 1.82) is 0 Å². The molecule has 6 nitrogen and oxygen atoms in total. The van der Waals surface area contributed by atoms with Crippen LogP contribution in [-0.2, 0) is 16.1 Å². The zero-order valence-corrected chi connectivity index (χ0v) is 14.6. The number of aliphatic hydroxyl groups excluding tert-OH is 1. The minimum absolute atomic E-state index is 0.00270. The number of hydrogen-bond acceptors (Lipinski definition) is 4. The lowest BCUT2D eigenvalue weighted by Gasteiger charge is -2.33. The summed E-state index contributed by atoms with van der Waals surface area (Å²) in [6.07, 6.45) is 9.67. The number of nitrogens with zero attached hydrogens (tertiary/aromatic N) is 2. The molecule has 1 aliphatic heterocycles. The molecular formula is C19H27N3O3. The van der Waals surface area contributed by atoms with Crippen LogP contribution < -0.4 is 5.32 Å². The molecule has 0 spiro atoms. The molecule has 136 valence electrons. The van der Waals surface area contributed by atoms with Crippen molar-refractivity contribution >= 4 is 11.8 Å². The minimum Gasteiger partial charge on any atom is -0.394 e. The van der Waals surface area contributed by atoms with Gasteiger partial charge in [0.25, 0.3) is 0 Å². The van der Waals surface area contributed by atoms with E-state index in [4.69, 9.17) is 0 Å². The fraction of sp³-hybridized carbons (Fsp3) is 0.632. The van der Waals surface area contributed by atoms with E-state index in [-0.39, 0.29) is 30.8 Å². The van der Waals surface area contributed by atoms with Gasteiger partial charge in [0, 0.05) is 31.9 Å². The second-order valence-electron chi connectivity index (χ2n) is 7.38. The van der Waals surface area contributed by atoms with Crippen LogP contribution in [0.15, 0.2) is 24.5 Å². The summed E-state index contributed by atoms with van der Waals surface area (Å²) in [5.74, 6) is -0.434. The van der Waals surface area contributed by atoms with Crippen LogP contribution in [-0.4, -0.2) is 45.5 Å². The number of carbonyl (C=O) groups is 2. The number of hydrogen-bond donors (Lipinski definition) is 2. The highest BCUT2D eigenvalue weighted by Crippen LogP contribution is 2.28. The molecule has 1 aromatic heterocycles. The molecule has 1 unspecified atom stereocenters. The summed E-state index contributed by atoms with van der Waals surface area (Å²) in [5, 5.41) is 12.9. The van der Waals surface area contributed by atoms with Crippen LogP contribution in [0, 0.1) is 5.92 Å². The third kappa shape index (κ3) is 4.37. The van der Waals surface area contributed by atoms with Gasteiger partial charge in [-0.1, -0.05) is 31.7 Å². The number of carbonyl (C=O) groups excluding carboxylic acids is 2. The number of pyridine rings is 1. The molecular weight excluding hydrogens is 318 g/mol. The Balaban J connectivity index is 1.60. The first-order chi connectivity index (χ1) is 12.1. The van der Waals surface area contributed by atoms with Crippen molar-refractivity contribution in [3.63, 3.8) is 0 Å². The number of aromatic nitrogens is 1. The number of aliphatic hydroxyl groups is 1. The lowest BCUT2D eigenvalue weighted by molar-refractivity contribution is -0.130. The Hall–Kier alpha value is -1.95. The molecule has 0 radical (unpaired) electrons. The van der Waals surface area contributed by atoms with Gasteiger partial charge in [0.1, 0.15) is 0 Å². The molecule has 3 rings (SSSR count). The monoisotopic (exact) mass is 345 g/mol. The molecule has 0 bridgehead atoms. The van der Waals surface area contributed by atoms with E-state index < -0.39 is 5.54 Å². The third-order valence-corrected chi connectivity index (χ3v) is 5.43. The van der Waals surface area contributed by atoms with E-state index in [9.17, 15) is 14.7 Å². The van der Waals surface area contributed by atoms with Crippen LogP contribution in [0.5, 0.6) is 0 Å². The Morgan fingerprint density at radius 2 is 2.08 bits per heavy atom. The lowest BCUT2D eigenvalue weighted by atomic mass is 9.90. The Bertz CT molecular complexity index is 597. The Kier molecular flexibility index (Phi) is 5.68. The van der Waals surface area contributed by atoms with Crippen molar-refractivity contribution in [3.05, 3.63) is 30.1 Å². The second kappa shape index (κ2) is 7.95. The van der Waals surface area contributed by atoms with Crippen molar-refractivity contribution in [1.82, 2.24) is 15.2 Å². The van der Waals surface area contributed by atoms with Crippen LogP contribution in [0.1, 0.15) is 50.5 Å². The van der Waals surface area contributed by atoms with Crippen LogP contribution in [0.25, 0.3) is 0 Å². The Morgan fingerprint density at radius 3 is 2.72 bits per heavy atom. The van der Waals surface area contributed by atoms with Crippen molar-refractivity contribution in [2.75, 3.05) is 13.2 Å². The zero-order valence-electron chi connectivity index (χ0n) is 14.6. The van der Waals surface area contributed by atoms with Gasteiger partial charge < -0.3 is 15.3 Å². The summed E-state index contributed by atoms with van der Waals surface area (Å²) in [5.41, 5.74) is 0.459. The molecule has 2 N–H and O–H groups in total. The highest BCUT2D eigenvalue weighted by atomic mass is 16.3. The maximum absolute atomic E-state index is 12.7. The molecule has 1 atom stereocenters. The number of nitrogens with one attached hydrogen (secondary N) is 1. The molecule has 2 heterocycles. The first-order valence-electron chi connectivity index (χ1n) is 9.21. The SMILES string of the molecule is O=C(NC1(CO)CCCCCC1)C1CC(=O)N(Cc2cccnc2)C1. The first kappa shape index (κ1) is 17.9. The molecule has 25 heavy (non-hydrogen) atoms. The summed E-state index contributed by atoms with van der Waals surface area (Å²) >= 11 is 0. The van der Waals surface area contributed by atoms with Crippen molar-refractivity contribution in [2.24, 2.45) is 5.92 Å². The highest BCUT2D eigenvalue weighted by Gasteiger charge is 2.38. The van der Waals surface area contributed by atoms with Gasteiger partial charge in [-0.25, -0.2) is 0 Å². The highest BCUT2D eigenvalue weighted by molar-refractivity contribution is 5.89. The van der Waals surface area contributed by atoms with Gasteiger partial charge in [0.15, 0.2) is 0 Å². The quantitative estimate of drug-likeness (QED) is 0.795. The zero-order chi connectivity index (χ0) is 17.7. The van der Waals surface area contributed by atoms with E-state index in [1.807, 2.05) is 12.1 Å². The number of amides is 2. The average Bonchev–Trinajstić information content (AvgIpc) is 2.84. The normalized spacial score (nSPS) is 23.3. The summed E-state index contributed by atoms with van der Waals surface area (Å²) in [6.45, 7) is 0.890. The molecule has 6 heteroatoms. The van der Waals surface area contributed by atoms with Crippen LogP contribution in [0.3, 0.4) is 0 Å². The standard InChI is InChI=1S/C19H27N3O3/c23-14-19(7-3-1-2-4-8-19)21-18(25)16-10-17(24)22(13-16)12-15-6-5-9-20-11-15/h5-6,9,11,16,23H,1-4,7-8,10,12-14H2,(H,21,25). The van der Waals surface area contributed by atoms with Crippen molar-refractivity contribution in [2.45, 2.75) is 57.0 Å². The molecule has 2 aliphatic rings. The molecule has 2 amide bonds. The predicted molar refractivity (Wildman–Crippen MR) is 93.4 cm³/mol. The van der Waals surface area contributed by atoms with E-state index in [0.717, 1.165) is 44.1 Å². The molecule has 2 fully saturated rings. The van der Waals surface area contributed by atoms with Crippen molar-refractivity contribution in [3.8, 4) is 0 Å². The largest absolute Gasteiger partial charge is 0.394 e. The average molecular weight is 345 g/mol. The van der Waals surface area contributed by atoms with E-state index in [2.05, 4.69) is 10.3 Å². The Labute approximate surface area is 148 Å². The summed E-state index contributed by atoms with van der Waals surface area (Å²) in [4.78, 5) is 30.8. The van der Waals surface area contributed by atoms with Crippen LogP contribution in [0.4, 0.5) is 0 Å². The molecule has 1 saturated carbocycles. The fourth-order valence-electron chi connectivity index (χ4n) is 3.90. The smallest absolute Gasteiger partial charge is 0.225 e. The van der Waals surface area contributed by atoms with Crippen LogP contribution in [0.2, 0.25) is 0 Å². The predicted octanol–water partition coefficient (Wildman–Crippen LogP) is 1.63. The van der Waals surface area contributed by atoms with Crippen LogP contribution >= 0.6 is 0 Å². The number of likely N-dealkylation sites (tertiary alicyclic amines) is 1. The molecule has 1 aromatic rings. The fourth-order valence-corrected chi connectivity index (χ4v) is 3.90. The van der Waals surface area contributed by atoms with Gasteiger partial charge in [0.05, 0.1) is 18.1 Å². The minimum atomic E-state index is -0.507. The molecule has 1 aliphatic carbocycles. The van der Waals surface area contributed by atoms with E-state index in [1.54, 1.807) is 17.3 Å². The first-order valence-corrected chi connectivity index (χ1v) is 9.21. The summed E-state index contributed by atoms with van der Waals surface area (Å²) < 4.78 is 0. The van der Waals surface area contributed by atoms with Gasteiger partial charge in [0.2, 0.25) is 11.8 Å². The molecule has 0 aromatic carbocycles. The number of rotatable bonds is 5. The van der Waals surface area contributed by atoms with Gasteiger partial charge in [-0.15, -0.1) is 0 Å². The van der Waals surface area contributed by atoms with Gasteiger partial charge in [-0.3, -0.25) is 14.6 Å². The Morgan fingerprint density at radius 1 is 1.32 bits per heavy atom. The maximum atomic E-state index is 12.7. The van der Waals surface area contributed by atoms with E-state index in [0.29, 0.717) is 13.1 Å². The van der Waals surface area contributed by atoms with Gasteiger partial charge in [-0.05, 0) is 24.5 Å². The van der Waals surface area contributed by atoms with Gasteiger partial charge >= 0.3 is 0 Å².